The largest absolute Gasteiger partial charge is 0.480 e. The summed E-state index contributed by atoms with van der Waals surface area (Å²) in [4.78, 5) is 60.9. The van der Waals surface area contributed by atoms with Crippen LogP contribution < -0.4 is 27.0 Å². The molecule has 5 unspecified atom stereocenters. The molecule has 5 atom stereocenters. The van der Waals surface area contributed by atoms with Crippen LogP contribution in [0.15, 0.2) is 0 Å². The molecule has 11 heteroatoms. The minimum atomic E-state index is -1.50. The highest BCUT2D eigenvalue weighted by Gasteiger charge is 2.34. The van der Waals surface area contributed by atoms with Gasteiger partial charge in [-0.1, -0.05) is 34.1 Å². The quantitative estimate of drug-likeness (QED) is 0.211. The third kappa shape index (κ3) is 8.81. The van der Waals surface area contributed by atoms with Crippen LogP contribution in [-0.2, 0) is 24.0 Å². The highest BCUT2D eigenvalue weighted by molar-refractivity contribution is 5.95. The van der Waals surface area contributed by atoms with Crippen LogP contribution in [0.5, 0.6) is 0 Å². The number of hydrogen-bond acceptors (Lipinski definition) is 6. The van der Waals surface area contributed by atoms with Gasteiger partial charge in [-0.2, -0.15) is 0 Å². The number of nitrogens with one attached hydrogen (secondary N) is 4. The van der Waals surface area contributed by atoms with Crippen molar-refractivity contribution in [1.82, 2.24) is 21.3 Å². The molecule has 1 aliphatic heterocycles. The fraction of sp³-hybridized carbons (Fsp3) is 0.762. The van der Waals surface area contributed by atoms with Gasteiger partial charge >= 0.3 is 5.97 Å². The number of carbonyl (C=O) groups is 5. The zero-order valence-corrected chi connectivity index (χ0v) is 19.3. The van der Waals surface area contributed by atoms with Gasteiger partial charge in [-0.25, -0.2) is 4.79 Å². The van der Waals surface area contributed by atoms with Gasteiger partial charge in [0.05, 0.1) is 12.5 Å². The van der Waals surface area contributed by atoms with Crippen LogP contribution in [0.4, 0.5) is 0 Å². The Morgan fingerprint density at radius 1 is 1.03 bits per heavy atom. The van der Waals surface area contributed by atoms with Gasteiger partial charge in [0.1, 0.15) is 18.1 Å². The first-order chi connectivity index (χ1) is 15.0. The molecule has 0 aromatic carbocycles. The van der Waals surface area contributed by atoms with Crippen molar-refractivity contribution in [2.75, 3.05) is 6.54 Å². The van der Waals surface area contributed by atoms with Crippen molar-refractivity contribution >= 4 is 29.6 Å². The second-order valence-electron chi connectivity index (χ2n) is 8.78. The standard InChI is InChI=1S/C21H37N5O6/c1-5-12(4)17(20(30)25-15(21(31)32)10-16(22)27)26-19(29)14(9-11(2)3)24-18(28)13-7-6-8-23-13/h11-15,17,23H,5-10H2,1-4H3,(H2,22,27)(H,24,28)(H,25,30)(H,26,29)(H,31,32). The predicted octanol–water partition coefficient (Wildman–Crippen LogP) is -0.755. The van der Waals surface area contributed by atoms with Gasteiger partial charge in [-0.05, 0) is 37.6 Å². The average molecular weight is 456 g/mol. The number of amides is 4. The van der Waals surface area contributed by atoms with Gasteiger partial charge in [0.15, 0.2) is 0 Å². The van der Waals surface area contributed by atoms with E-state index in [1.807, 2.05) is 20.8 Å². The zero-order valence-electron chi connectivity index (χ0n) is 19.3. The highest BCUT2D eigenvalue weighted by Crippen LogP contribution is 2.12. The maximum absolute atomic E-state index is 13.0. The summed E-state index contributed by atoms with van der Waals surface area (Å²) in [6.07, 6.45) is 1.90. The molecule has 1 aliphatic rings. The summed E-state index contributed by atoms with van der Waals surface area (Å²) in [5.74, 6) is -4.01. The summed E-state index contributed by atoms with van der Waals surface area (Å²) in [6, 6.07) is -3.73. The van der Waals surface area contributed by atoms with E-state index in [1.165, 1.54) is 0 Å². The summed E-state index contributed by atoms with van der Waals surface area (Å²) in [6.45, 7) is 8.15. The molecule has 0 aliphatic carbocycles. The molecule has 182 valence electrons. The number of carboxylic acid groups (broad SMARTS) is 1. The number of aliphatic carboxylic acids is 1. The second kappa shape index (κ2) is 13.0. The summed E-state index contributed by atoms with van der Waals surface area (Å²) < 4.78 is 0. The fourth-order valence-corrected chi connectivity index (χ4v) is 3.50. The van der Waals surface area contributed by atoms with Crippen molar-refractivity contribution in [1.29, 1.82) is 0 Å². The fourth-order valence-electron chi connectivity index (χ4n) is 3.50. The van der Waals surface area contributed by atoms with Crippen molar-refractivity contribution in [2.45, 2.75) is 84.0 Å². The van der Waals surface area contributed by atoms with E-state index in [2.05, 4.69) is 21.3 Å². The Morgan fingerprint density at radius 3 is 2.16 bits per heavy atom. The Kier molecular flexibility index (Phi) is 11.1. The van der Waals surface area contributed by atoms with E-state index in [0.717, 1.165) is 13.0 Å². The van der Waals surface area contributed by atoms with Crippen molar-refractivity contribution in [2.24, 2.45) is 17.6 Å². The van der Waals surface area contributed by atoms with E-state index in [-0.39, 0.29) is 23.8 Å². The molecule has 0 radical (unpaired) electrons. The summed E-state index contributed by atoms with van der Waals surface area (Å²) in [5, 5.41) is 20.1. The third-order valence-corrected chi connectivity index (χ3v) is 5.53. The molecular weight excluding hydrogens is 418 g/mol. The van der Waals surface area contributed by atoms with E-state index >= 15 is 0 Å². The number of nitrogens with two attached hydrogens (primary N) is 1. The molecule has 4 amide bonds. The van der Waals surface area contributed by atoms with Gasteiger partial charge in [-0.3, -0.25) is 19.2 Å². The van der Waals surface area contributed by atoms with Crippen molar-refractivity contribution in [3.63, 3.8) is 0 Å². The Labute approximate surface area is 188 Å². The van der Waals surface area contributed by atoms with E-state index in [1.54, 1.807) is 6.92 Å². The lowest BCUT2D eigenvalue weighted by atomic mass is 9.96. The Bertz CT molecular complexity index is 692. The Morgan fingerprint density at radius 2 is 1.69 bits per heavy atom. The highest BCUT2D eigenvalue weighted by atomic mass is 16.4. The first kappa shape index (κ1) is 27.3. The predicted molar refractivity (Wildman–Crippen MR) is 117 cm³/mol. The van der Waals surface area contributed by atoms with E-state index < -0.39 is 48.2 Å². The van der Waals surface area contributed by atoms with Crippen LogP contribution in [0.2, 0.25) is 0 Å². The molecule has 1 rings (SSSR count). The van der Waals surface area contributed by atoms with Gasteiger partial charge < -0.3 is 32.1 Å². The molecule has 7 N–H and O–H groups in total. The minimum Gasteiger partial charge on any atom is -0.480 e. The van der Waals surface area contributed by atoms with Crippen LogP contribution in [0, 0.1) is 11.8 Å². The Balaban J connectivity index is 2.95. The lowest BCUT2D eigenvalue weighted by molar-refractivity contribution is -0.144. The van der Waals surface area contributed by atoms with Gasteiger partial charge in [0.25, 0.3) is 0 Å². The number of carboxylic acids is 1. The molecule has 1 saturated heterocycles. The topological polar surface area (TPSA) is 180 Å². The van der Waals surface area contributed by atoms with Crippen molar-refractivity contribution in [3.05, 3.63) is 0 Å². The molecule has 0 bridgehead atoms. The molecule has 0 aromatic rings. The maximum atomic E-state index is 13.0. The smallest absolute Gasteiger partial charge is 0.326 e. The van der Waals surface area contributed by atoms with Crippen LogP contribution in [0.25, 0.3) is 0 Å². The van der Waals surface area contributed by atoms with Crippen molar-refractivity contribution in [3.8, 4) is 0 Å². The van der Waals surface area contributed by atoms with E-state index in [0.29, 0.717) is 19.3 Å². The number of rotatable bonds is 13. The number of primary amides is 1. The third-order valence-electron chi connectivity index (χ3n) is 5.53. The molecule has 0 aromatic heterocycles. The van der Waals surface area contributed by atoms with Gasteiger partial charge in [0.2, 0.25) is 23.6 Å². The van der Waals surface area contributed by atoms with Gasteiger partial charge in [0, 0.05) is 0 Å². The first-order valence-electron chi connectivity index (χ1n) is 11.1. The molecule has 1 fully saturated rings. The average Bonchev–Trinajstić information content (AvgIpc) is 3.24. The lowest BCUT2D eigenvalue weighted by Crippen LogP contribution is -2.59. The summed E-state index contributed by atoms with van der Waals surface area (Å²) in [7, 11) is 0. The lowest BCUT2D eigenvalue weighted by Gasteiger charge is -2.28. The minimum absolute atomic E-state index is 0.102. The summed E-state index contributed by atoms with van der Waals surface area (Å²) in [5.41, 5.74) is 5.07. The first-order valence-corrected chi connectivity index (χ1v) is 11.1. The van der Waals surface area contributed by atoms with Crippen LogP contribution in [0.1, 0.15) is 59.8 Å². The molecule has 11 nitrogen and oxygen atoms in total. The second-order valence-corrected chi connectivity index (χ2v) is 8.78. The Hall–Kier alpha value is -2.69. The zero-order chi connectivity index (χ0) is 24.4. The van der Waals surface area contributed by atoms with Crippen LogP contribution in [0.3, 0.4) is 0 Å². The van der Waals surface area contributed by atoms with E-state index in [4.69, 9.17) is 5.73 Å². The van der Waals surface area contributed by atoms with Crippen LogP contribution in [-0.4, -0.2) is 65.4 Å². The molecular formula is C21H37N5O6. The molecule has 1 heterocycles. The maximum Gasteiger partial charge on any atom is 0.326 e. The number of hydrogen-bond donors (Lipinski definition) is 6. The molecule has 0 saturated carbocycles. The van der Waals surface area contributed by atoms with Crippen LogP contribution >= 0.6 is 0 Å². The van der Waals surface area contributed by atoms with E-state index in [9.17, 15) is 29.1 Å². The van der Waals surface area contributed by atoms with Crippen molar-refractivity contribution < 1.29 is 29.1 Å². The normalized spacial score (nSPS) is 19.5. The monoisotopic (exact) mass is 455 g/mol. The SMILES string of the molecule is CCC(C)C(NC(=O)C(CC(C)C)NC(=O)C1CCCN1)C(=O)NC(CC(N)=O)C(=O)O. The summed E-state index contributed by atoms with van der Waals surface area (Å²) >= 11 is 0. The number of carbonyl (C=O) groups excluding carboxylic acids is 4. The van der Waals surface area contributed by atoms with Gasteiger partial charge in [-0.15, -0.1) is 0 Å². The molecule has 0 spiro atoms. The molecule has 32 heavy (non-hydrogen) atoms.